The molecule has 0 atom stereocenters. The highest BCUT2D eigenvalue weighted by molar-refractivity contribution is 7.14. The monoisotopic (exact) mass is 325 g/mol. The first-order valence-electron chi connectivity index (χ1n) is 7.04. The van der Waals surface area contributed by atoms with Crippen LogP contribution in [0.2, 0.25) is 0 Å². The number of nitrogens with one attached hydrogen (secondary N) is 2. The normalized spacial score (nSPS) is 10.3. The Kier molecular flexibility index (Phi) is 4.58. The summed E-state index contributed by atoms with van der Waals surface area (Å²) in [7, 11) is 0. The van der Waals surface area contributed by atoms with Gasteiger partial charge in [0, 0.05) is 11.8 Å². The molecule has 7 heteroatoms. The number of benzene rings is 1. The van der Waals surface area contributed by atoms with Crippen LogP contribution in [0, 0.1) is 6.92 Å². The summed E-state index contributed by atoms with van der Waals surface area (Å²) < 4.78 is 0. The highest BCUT2D eigenvalue weighted by Gasteiger charge is 2.11. The molecule has 0 saturated carbocycles. The Balaban J connectivity index is 1.64. The van der Waals surface area contributed by atoms with Crippen molar-refractivity contribution in [2.45, 2.75) is 13.5 Å². The van der Waals surface area contributed by atoms with Gasteiger partial charge in [-0.05, 0) is 13.0 Å². The van der Waals surface area contributed by atoms with Crippen molar-refractivity contribution < 1.29 is 4.79 Å². The first-order chi connectivity index (χ1) is 11.2. The van der Waals surface area contributed by atoms with E-state index >= 15 is 0 Å². The average molecular weight is 325 g/mol. The zero-order chi connectivity index (χ0) is 16.1. The Labute approximate surface area is 137 Å². The highest BCUT2D eigenvalue weighted by Crippen LogP contribution is 2.29. The van der Waals surface area contributed by atoms with Crippen LogP contribution in [0.25, 0.3) is 11.3 Å². The number of hydrogen-bond acceptors (Lipinski definition) is 5. The van der Waals surface area contributed by atoms with Gasteiger partial charge in [-0.25, -0.2) is 19.7 Å². The third-order valence-electron chi connectivity index (χ3n) is 3.11. The lowest BCUT2D eigenvalue weighted by atomic mass is 10.2. The van der Waals surface area contributed by atoms with E-state index < -0.39 is 0 Å². The first kappa shape index (κ1) is 15.1. The average Bonchev–Trinajstić information content (AvgIpc) is 3.02. The molecule has 2 N–H and O–H groups in total. The van der Waals surface area contributed by atoms with E-state index in [-0.39, 0.29) is 6.03 Å². The van der Waals surface area contributed by atoms with Gasteiger partial charge >= 0.3 is 6.03 Å². The minimum Gasteiger partial charge on any atom is -0.332 e. The highest BCUT2D eigenvalue weighted by atomic mass is 32.1. The van der Waals surface area contributed by atoms with Gasteiger partial charge in [0.2, 0.25) is 0 Å². The molecule has 1 aromatic carbocycles. The molecule has 23 heavy (non-hydrogen) atoms. The summed E-state index contributed by atoms with van der Waals surface area (Å²) in [5.41, 5.74) is 4.21. The van der Waals surface area contributed by atoms with Crippen molar-refractivity contribution in [3.05, 3.63) is 59.6 Å². The molecule has 2 aromatic heterocycles. The zero-order valence-corrected chi connectivity index (χ0v) is 13.3. The zero-order valence-electron chi connectivity index (χ0n) is 12.5. The standard InChI is InChI=1S/C16H15N5OS/c1-11-17-8-7-13(20-11)9-18-16(22)21-15-14(19-10-23-15)12-5-3-2-4-6-12/h2-8,10H,9H2,1H3,(H2,18,21,22). The third-order valence-corrected chi connectivity index (χ3v) is 3.85. The van der Waals surface area contributed by atoms with Gasteiger partial charge in [0.05, 0.1) is 17.7 Å². The lowest BCUT2D eigenvalue weighted by Crippen LogP contribution is -2.28. The quantitative estimate of drug-likeness (QED) is 0.772. The van der Waals surface area contributed by atoms with Crippen molar-refractivity contribution in [1.29, 1.82) is 0 Å². The molecule has 3 rings (SSSR count). The van der Waals surface area contributed by atoms with Crippen LogP contribution in [0.4, 0.5) is 9.80 Å². The predicted molar refractivity (Wildman–Crippen MR) is 90.2 cm³/mol. The molecule has 0 saturated heterocycles. The maximum absolute atomic E-state index is 12.1. The molecule has 0 aliphatic rings. The van der Waals surface area contributed by atoms with Crippen LogP contribution in [0.3, 0.4) is 0 Å². The maximum Gasteiger partial charge on any atom is 0.320 e. The molecule has 0 aliphatic heterocycles. The van der Waals surface area contributed by atoms with Gasteiger partial charge in [-0.15, -0.1) is 11.3 Å². The summed E-state index contributed by atoms with van der Waals surface area (Å²) in [6.45, 7) is 2.15. The minimum absolute atomic E-state index is 0.289. The molecule has 0 radical (unpaired) electrons. The summed E-state index contributed by atoms with van der Waals surface area (Å²) in [5, 5.41) is 6.33. The smallest absolute Gasteiger partial charge is 0.320 e. The van der Waals surface area contributed by atoms with Crippen LogP contribution in [-0.2, 0) is 6.54 Å². The van der Waals surface area contributed by atoms with Crippen LogP contribution in [0.1, 0.15) is 11.5 Å². The van der Waals surface area contributed by atoms with Crippen molar-refractivity contribution >= 4 is 22.4 Å². The van der Waals surface area contributed by atoms with Gasteiger partial charge in [-0.2, -0.15) is 0 Å². The molecule has 0 unspecified atom stereocenters. The Bertz CT molecular complexity index is 803. The van der Waals surface area contributed by atoms with Gasteiger partial charge in [0.1, 0.15) is 16.5 Å². The molecule has 2 amide bonds. The molecule has 0 fully saturated rings. The molecule has 0 bridgehead atoms. The van der Waals surface area contributed by atoms with Crippen molar-refractivity contribution in [3.63, 3.8) is 0 Å². The van der Waals surface area contributed by atoms with Crippen molar-refractivity contribution in [1.82, 2.24) is 20.3 Å². The second-order valence-electron chi connectivity index (χ2n) is 4.80. The lowest BCUT2D eigenvalue weighted by Gasteiger charge is -2.07. The summed E-state index contributed by atoms with van der Waals surface area (Å²) >= 11 is 1.39. The largest absolute Gasteiger partial charge is 0.332 e. The lowest BCUT2D eigenvalue weighted by molar-refractivity contribution is 0.251. The van der Waals surface area contributed by atoms with Gasteiger partial charge in [-0.3, -0.25) is 5.32 Å². The van der Waals surface area contributed by atoms with Crippen LogP contribution in [0.15, 0.2) is 48.1 Å². The van der Waals surface area contributed by atoms with Crippen molar-refractivity contribution in [2.75, 3.05) is 5.32 Å². The number of carbonyl (C=O) groups is 1. The van der Waals surface area contributed by atoms with Crippen LogP contribution < -0.4 is 10.6 Å². The number of rotatable bonds is 4. The predicted octanol–water partition coefficient (Wildman–Crippen LogP) is 3.23. The molecule has 0 aliphatic carbocycles. The number of aromatic nitrogens is 3. The van der Waals surface area contributed by atoms with E-state index in [2.05, 4.69) is 25.6 Å². The molecule has 3 aromatic rings. The molecular formula is C16H15N5OS. The Morgan fingerprint density at radius 3 is 2.78 bits per heavy atom. The van der Waals surface area contributed by atoms with Crippen LogP contribution >= 0.6 is 11.3 Å². The summed E-state index contributed by atoms with van der Waals surface area (Å²) in [6, 6.07) is 11.2. The number of aryl methyl sites for hydroxylation is 1. The van der Waals surface area contributed by atoms with Gasteiger partial charge < -0.3 is 5.32 Å². The maximum atomic E-state index is 12.1. The van der Waals surface area contributed by atoms with Crippen LogP contribution in [0.5, 0.6) is 0 Å². The summed E-state index contributed by atoms with van der Waals surface area (Å²) in [5.74, 6) is 0.679. The number of urea groups is 1. The van der Waals surface area contributed by atoms with E-state index in [0.717, 1.165) is 17.0 Å². The van der Waals surface area contributed by atoms with Gasteiger partial charge in [-0.1, -0.05) is 30.3 Å². The number of amides is 2. The van der Waals surface area contributed by atoms with Crippen LogP contribution in [-0.4, -0.2) is 21.0 Å². The van der Waals surface area contributed by atoms with Crippen molar-refractivity contribution in [2.24, 2.45) is 0 Å². The number of carbonyl (C=O) groups excluding carboxylic acids is 1. The van der Waals surface area contributed by atoms with Crippen molar-refractivity contribution in [3.8, 4) is 11.3 Å². The second kappa shape index (κ2) is 6.97. The van der Waals surface area contributed by atoms with E-state index in [1.54, 1.807) is 17.8 Å². The van der Waals surface area contributed by atoms with Gasteiger partial charge in [0.15, 0.2) is 0 Å². The van der Waals surface area contributed by atoms with E-state index in [1.165, 1.54) is 11.3 Å². The van der Waals surface area contributed by atoms with Gasteiger partial charge in [0.25, 0.3) is 0 Å². The summed E-state index contributed by atoms with van der Waals surface area (Å²) in [4.78, 5) is 24.7. The van der Waals surface area contributed by atoms with E-state index in [0.29, 0.717) is 17.4 Å². The topological polar surface area (TPSA) is 79.8 Å². The Hall–Kier alpha value is -2.80. The summed E-state index contributed by atoms with van der Waals surface area (Å²) in [6.07, 6.45) is 1.67. The molecular weight excluding hydrogens is 310 g/mol. The number of anilines is 1. The SMILES string of the molecule is Cc1nccc(CNC(=O)Nc2scnc2-c2ccccc2)n1. The molecule has 116 valence electrons. The Morgan fingerprint density at radius 2 is 2.00 bits per heavy atom. The van der Waals surface area contributed by atoms with E-state index in [9.17, 15) is 4.79 Å². The fourth-order valence-electron chi connectivity index (χ4n) is 2.06. The Morgan fingerprint density at radius 1 is 1.17 bits per heavy atom. The number of nitrogens with zero attached hydrogens (tertiary/aromatic N) is 3. The number of thiazole rings is 1. The van der Waals surface area contributed by atoms with E-state index in [1.807, 2.05) is 37.3 Å². The first-order valence-corrected chi connectivity index (χ1v) is 7.92. The number of hydrogen-bond donors (Lipinski definition) is 2. The fourth-order valence-corrected chi connectivity index (χ4v) is 2.76. The second-order valence-corrected chi connectivity index (χ2v) is 5.65. The molecule has 6 nitrogen and oxygen atoms in total. The minimum atomic E-state index is -0.289. The third kappa shape index (κ3) is 3.89. The molecule has 2 heterocycles. The fraction of sp³-hybridized carbons (Fsp3) is 0.125. The van der Waals surface area contributed by atoms with E-state index in [4.69, 9.17) is 0 Å². The molecule has 0 spiro atoms.